The molecule has 1 aliphatic heterocycles. The Balaban J connectivity index is 1.82. The molecule has 1 aromatic heterocycles. The highest BCUT2D eigenvalue weighted by atomic mass is 35.5. The molecule has 2 unspecified atom stereocenters. The van der Waals surface area contributed by atoms with Gasteiger partial charge in [-0.3, -0.25) is 4.79 Å². The van der Waals surface area contributed by atoms with Crippen LogP contribution < -0.4 is 0 Å². The van der Waals surface area contributed by atoms with Gasteiger partial charge in [-0.1, -0.05) is 59.6 Å². The topological polar surface area (TPSA) is 50.5 Å². The van der Waals surface area contributed by atoms with Crippen LogP contribution >= 0.6 is 23.2 Å². The summed E-state index contributed by atoms with van der Waals surface area (Å²) in [5, 5.41) is 4.32. The van der Waals surface area contributed by atoms with E-state index in [1.54, 1.807) is 37.1 Å². The zero-order valence-corrected chi connectivity index (χ0v) is 20.0. The predicted molar refractivity (Wildman–Crippen MR) is 126 cm³/mol. The molecule has 10 heteroatoms. The Labute approximate surface area is 204 Å². The van der Waals surface area contributed by atoms with Crippen molar-refractivity contribution in [3.8, 4) is 0 Å². The van der Waals surface area contributed by atoms with Crippen LogP contribution in [0.15, 0.2) is 59.6 Å². The van der Waals surface area contributed by atoms with Gasteiger partial charge in [-0.15, -0.1) is 0 Å². The number of alkyl halides is 3. The van der Waals surface area contributed by atoms with E-state index in [-0.39, 0.29) is 22.8 Å². The molecule has 3 atom stereocenters. The van der Waals surface area contributed by atoms with Crippen LogP contribution in [0.5, 0.6) is 0 Å². The summed E-state index contributed by atoms with van der Waals surface area (Å²) < 4.78 is 41.5. The molecule has 1 amide bonds. The van der Waals surface area contributed by atoms with Crippen LogP contribution in [0.3, 0.4) is 0 Å². The van der Waals surface area contributed by atoms with Crippen molar-refractivity contribution >= 4 is 40.6 Å². The number of aromatic nitrogens is 2. The average molecular weight is 509 g/mol. The number of hydrogen-bond acceptors (Lipinski definition) is 3. The summed E-state index contributed by atoms with van der Waals surface area (Å²) in [4.78, 5) is 19.7. The summed E-state index contributed by atoms with van der Waals surface area (Å²) in [6, 6.07) is 13.9. The molecule has 3 aromatic rings. The maximum atomic E-state index is 13.8. The highest BCUT2D eigenvalue weighted by molar-refractivity contribution is 6.42. The number of fused-ring (bicyclic) bond motifs is 1. The van der Waals surface area contributed by atoms with E-state index in [1.165, 1.54) is 0 Å². The van der Waals surface area contributed by atoms with Crippen molar-refractivity contribution < 1.29 is 18.0 Å². The van der Waals surface area contributed by atoms with Gasteiger partial charge in [0.15, 0.2) is 11.5 Å². The van der Waals surface area contributed by atoms with Gasteiger partial charge in [0.25, 0.3) is 0 Å². The summed E-state index contributed by atoms with van der Waals surface area (Å²) in [7, 11) is 1.67. The van der Waals surface area contributed by atoms with Crippen molar-refractivity contribution in [2.45, 2.75) is 32.1 Å². The number of aliphatic imine (C=N–C) groups is 1. The minimum Gasteiger partial charge on any atom is -0.338 e. The highest BCUT2D eigenvalue weighted by Gasteiger charge is 2.43. The fourth-order valence-corrected chi connectivity index (χ4v) is 4.45. The van der Waals surface area contributed by atoms with Crippen LogP contribution in [0.2, 0.25) is 10.0 Å². The van der Waals surface area contributed by atoms with Gasteiger partial charge in [0, 0.05) is 18.8 Å². The first-order valence-corrected chi connectivity index (χ1v) is 11.2. The van der Waals surface area contributed by atoms with Gasteiger partial charge in [-0.2, -0.15) is 18.3 Å². The molecule has 178 valence electrons. The van der Waals surface area contributed by atoms with Gasteiger partial charge in [-0.25, -0.2) is 9.67 Å². The zero-order chi connectivity index (χ0) is 24.8. The predicted octanol–water partition coefficient (Wildman–Crippen LogP) is 6.74. The summed E-state index contributed by atoms with van der Waals surface area (Å²) in [5.74, 6) is -1.19. The van der Waals surface area contributed by atoms with Crippen LogP contribution in [0.4, 0.5) is 19.0 Å². The molecule has 0 aliphatic carbocycles. The third-order valence-electron chi connectivity index (χ3n) is 6.09. The Morgan fingerprint density at radius 3 is 2.38 bits per heavy atom. The third kappa shape index (κ3) is 4.44. The summed E-state index contributed by atoms with van der Waals surface area (Å²) in [6.45, 7) is 3.52. The van der Waals surface area contributed by atoms with Gasteiger partial charge in [0.05, 0.1) is 22.1 Å². The van der Waals surface area contributed by atoms with Crippen LogP contribution in [0, 0.1) is 5.92 Å². The average Bonchev–Trinajstić information content (AvgIpc) is 3.23. The van der Waals surface area contributed by atoms with Gasteiger partial charge in [-0.05, 0) is 37.1 Å². The SMILES string of the molecule is CC1=Nc2cc(C(F)(F)F)nn2C(c2ccc(Cl)c(Cl)c2)C1C(=O)N(C)[C@H](C)c1ccccc1. The highest BCUT2D eigenvalue weighted by Crippen LogP contribution is 2.42. The number of carbonyl (C=O) groups is 1. The van der Waals surface area contributed by atoms with E-state index in [0.29, 0.717) is 16.3 Å². The first-order valence-electron chi connectivity index (χ1n) is 10.5. The maximum absolute atomic E-state index is 13.8. The van der Waals surface area contributed by atoms with E-state index in [1.807, 2.05) is 37.3 Å². The van der Waals surface area contributed by atoms with E-state index in [4.69, 9.17) is 23.2 Å². The molecule has 4 rings (SSSR count). The van der Waals surface area contributed by atoms with E-state index < -0.39 is 23.8 Å². The van der Waals surface area contributed by atoms with Crippen molar-refractivity contribution in [1.29, 1.82) is 0 Å². The van der Waals surface area contributed by atoms with Crippen LogP contribution in [0.1, 0.15) is 42.8 Å². The normalized spacial score (nSPS) is 18.8. The molecule has 0 N–H and O–H groups in total. The molecular formula is C24H21Cl2F3N4O. The number of carbonyl (C=O) groups excluding carboxylic acids is 1. The quantitative estimate of drug-likeness (QED) is 0.391. The number of hydrogen-bond donors (Lipinski definition) is 0. The second-order valence-electron chi connectivity index (χ2n) is 8.22. The Hall–Kier alpha value is -2.84. The first-order chi connectivity index (χ1) is 16.0. The number of amides is 1. The van der Waals surface area contributed by atoms with E-state index in [9.17, 15) is 18.0 Å². The van der Waals surface area contributed by atoms with Gasteiger partial charge < -0.3 is 4.90 Å². The second kappa shape index (κ2) is 9.07. The van der Waals surface area contributed by atoms with E-state index in [2.05, 4.69) is 10.1 Å². The number of nitrogens with zero attached hydrogens (tertiary/aromatic N) is 4. The minimum atomic E-state index is -4.66. The Morgan fingerprint density at radius 1 is 1.09 bits per heavy atom. The van der Waals surface area contributed by atoms with Crippen LogP contribution in [-0.4, -0.2) is 33.3 Å². The van der Waals surface area contributed by atoms with Gasteiger partial charge in [0.1, 0.15) is 5.92 Å². The molecule has 0 spiro atoms. The molecule has 0 fully saturated rings. The molecule has 0 saturated heterocycles. The first kappa shape index (κ1) is 24.3. The summed E-state index contributed by atoms with van der Waals surface area (Å²) >= 11 is 12.3. The lowest BCUT2D eigenvalue weighted by molar-refractivity contribution is -0.141. The molecule has 0 saturated carbocycles. The monoisotopic (exact) mass is 508 g/mol. The van der Waals surface area contributed by atoms with Crippen molar-refractivity contribution in [2.24, 2.45) is 10.9 Å². The van der Waals surface area contributed by atoms with Crippen molar-refractivity contribution in [3.63, 3.8) is 0 Å². The van der Waals surface area contributed by atoms with Gasteiger partial charge >= 0.3 is 6.18 Å². The molecular weight excluding hydrogens is 488 g/mol. The lowest BCUT2D eigenvalue weighted by atomic mass is 9.86. The summed E-state index contributed by atoms with van der Waals surface area (Å²) in [6.07, 6.45) is -4.66. The minimum absolute atomic E-state index is 0.0173. The molecule has 2 heterocycles. The standard InChI is InChI=1S/C24H21Cl2F3N4O/c1-13-21(23(34)32(3)14(2)15-7-5-4-6-8-15)22(16-9-10-17(25)18(26)11-16)33-20(30-13)12-19(31-33)24(27,28)29/h4-12,14,21-22H,1-3H3/t14-,21?,22?/m1/s1. The zero-order valence-electron chi connectivity index (χ0n) is 18.5. The molecule has 0 bridgehead atoms. The Kier molecular flexibility index (Phi) is 6.48. The lowest BCUT2D eigenvalue weighted by Gasteiger charge is -2.36. The van der Waals surface area contributed by atoms with Crippen molar-refractivity contribution in [2.75, 3.05) is 7.05 Å². The number of rotatable bonds is 4. The van der Waals surface area contributed by atoms with Gasteiger partial charge in [0.2, 0.25) is 5.91 Å². The molecule has 0 radical (unpaired) electrons. The summed E-state index contributed by atoms with van der Waals surface area (Å²) in [5.41, 5.74) is 0.729. The molecule has 2 aromatic carbocycles. The largest absolute Gasteiger partial charge is 0.435 e. The number of benzene rings is 2. The second-order valence-corrected chi connectivity index (χ2v) is 9.03. The number of halogens is 5. The fraction of sp³-hybridized carbons (Fsp3) is 0.292. The molecule has 1 aliphatic rings. The van der Waals surface area contributed by atoms with E-state index in [0.717, 1.165) is 16.3 Å². The smallest absolute Gasteiger partial charge is 0.338 e. The van der Waals surface area contributed by atoms with Crippen LogP contribution in [0.25, 0.3) is 0 Å². The van der Waals surface area contributed by atoms with Crippen molar-refractivity contribution in [1.82, 2.24) is 14.7 Å². The third-order valence-corrected chi connectivity index (χ3v) is 6.83. The Bertz CT molecular complexity index is 1260. The fourth-order valence-electron chi connectivity index (χ4n) is 4.14. The van der Waals surface area contributed by atoms with Crippen LogP contribution in [-0.2, 0) is 11.0 Å². The van der Waals surface area contributed by atoms with Crippen molar-refractivity contribution in [3.05, 3.63) is 81.5 Å². The van der Waals surface area contributed by atoms with E-state index >= 15 is 0 Å². The Morgan fingerprint density at radius 2 is 1.76 bits per heavy atom. The molecule has 34 heavy (non-hydrogen) atoms. The lowest BCUT2D eigenvalue weighted by Crippen LogP contribution is -2.44. The maximum Gasteiger partial charge on any atom is 0.435 e. The molecule has 5 nitrogen and oxygen atoms in total.